The standard InChI is InChI=1S/C15H13ClN2O/c16-12-8-5-11(6-9-12)7-10-15(19)18-14-4-2-1-3-13(14)17/h1-10H,17H2,(H,18,19)/b10-7+. The van der Waals surface area contributed by atoms with Gasteiger partial charge in [-0.15, -0.1) is 0 Å². The summed E-state index contributed by atoms with van der Waals surface area (Å²) in [4.78, 5) is 11.7. The van der Waals surface area contributed by atoms with Crippen molar-refractivity contribution in [2.45, 2.75) is 0 Å². The van der Waals surface area contributed by atoms with Crippen molar-refractivity contribution in [1.29, 1.82) is 0 Å². The summed E-state index contributed by atoms with van der Waals surface area (Å²) in [6.45, 7) is 0. The molecule has 0 bridgehead atoms. The highest BCUT2D eigenvalue weighted by Gasteiger charge is 2.00. The number of carbonyl (C=O) groups is 1. The first-order valence-electron chi connectivity index (χ1n) is 5.74. The van der Waals surface area contributed by atoms with Crippen LogP contribution in [-0.4, -0.2) is 5.91 Å². The topological polar surface area (TPSA) is 55.1 Å². The van der Waals surface area contributed by atoms with Gasteiger partial charge in [-0.1, -0.05) is 35.9 Å². The van der Waals surface area contributed by atoms with E-state index >= 15 is 0 Å². The number of nitrogen functional groups attached to an aromatic ring is 1. The number of amides is 1. The maximum atomic E-state index is 11.7. The average molecular weight is 273 g/mol. The van der Waals surface area contributed by atoms with Crippen LogP contribution in [0.3, 0.4) is 0 Å². The molecule has 2 aromatic rings. The van der Waals surface area contributed by atoms with Gasteiger partial charge in [0.2, 0.25) is 5.91 Å². The van der Waals surface area contributed by atoms with Gasteiger partial charge in [0, 0.05) is 11.1 Å². The number of halogens is 1. The van der Waals surface area contributed by atoms with Crippen LogP contribution in [0.25, 0.3) is 6.08 Å². The lowest BCUT2D eigenvalue weighted by Gasteiger charge is -2.04. The van der Waals surface area contributed by atoms with Gasteiger partial charge in [-0.05, 0) is 35.9 Å². The molecule has 0 saturated carbocycles. The zero-order valence-corrected chi connectivity index (χ0v) is 10.9. The van der Waals surface area contributed by atoms with E-state index in [1.165, 1.54) is 6.08 Å². The van der Waals surface area contributed by atoms with Gasteiger partial charge in [-0.3, -0.25) is 4.79 Å². The summed E-state index contributed by atoms with van der Waals surface area (Å²) in [6, 6.07) is 14.3. The Hall–Kier alpha value is -2.26. The van der Waals surface area contributed by atoms with Crippen LogP contribution in [0.5, 0.6) is 0 Å². The molecule has 0 aliphatic heterocycles. The molecule has 4 heteroatoms. The molecule has 0 spiro atoms. The third-order valence-corrected chi connectivity index (χ3v) is 2.77. The summed E-state index contributed by atoms with van der Waals surface area (Å²) in [5, 5.41) is 3.38. The molecule has 3 N–H and O–H groups in total. The van der Waals surface area contributed by atoms with Crippen LogP contribution in [0, 0.1) is 0 Å². The molecule has 0 unspecified atom stereocenters. The van der Waals surface area contributed by atoms with Crippen molar-refractivity contribution in [3.05, 3.63) is 65.2 Å². The number of nitrogens with one attached hydrogen (secondary N) is 1. The van der Waals surface area contributed by atoms with Crippen LogP contribution in [0.2, 0.25) is 5.02 Å². The number of carbonyl (C=O) groups excluding carboxylic acids is 1. The van der Waals surface area contributed by atoms with E-state index in [1.807, 2.05) is 24.3 Å². The van der Waals surface area contributed by atoms with Gasteiger partial charge in [-0.25, -0.2) is 0 Å². The Labute approximate surface area is 116 Å². The van der Waals surface area contributed by atoms with Crippen molar-refractivity contribution in [2.75, 3.05) is 11.1 Å². The fourth-order valence-electron chi connectivity index (χ4n) is 1.53. The Kier molecular flexibility index (Phi) is 4.21. The maximum absolute atomic E-state index is 11.7. The van der Waals surface area contributed by atoms with E-state index in [1.54, 1.807) is 30.3 Å². The molecule has 2 rings (SSSR count). The summed E-state index contributed by atoms with van der Waals surface area (Å²) >= 11 is 5.78. The number of hydrogen-bond acceptors (Lipinski definition) is 2. The molecule has 2 aromatic carbocycles. The van der Waals surface area contributed by atoms with Gasteiger partial charge in [0.1, 0.15) is 0 Å². The van der Waals surface area contributed by atoms with Gasteiger partial charge in [0.05, 0.1) is 11.4 Å². The number of anilines is 2. The van der Waals surface area contributed by atoms with Gasteiger partial charge < -0.3 is 11.1 Å². The summed E-state index contributed by atoms with van der Waals surface area (Å²) in [7, 11) is 0. The second-order valence-corrected chi connectivity index (χ2v) is 4.40. The van der Waals surface area contributed by atoms with E-state index in [4.69, 9.17) is 17.3 Å². The SMILES string of the molecule is Nc1ccccc1NC(=O)/C=C/c1ccc(Cl)cc1. The normalized spacial score (nSPS) is 10.6. The van der Waals surface area contributed by atoms with E-state index in [0.717, 1.165) is 5.56 Å². The fourth-order valence-corrected chi connectivity index (χ4v) is 1.66. The fraction of sp³-hybridized carbons (Fsp3) is 0. The molecule has 1 amide bonds. The van der Waals surface area contributed by atoms with Crippen LogP contribution < -0.4 is 11.1 Å². The summed E-state index contributed by atoms with van der Waals surface area (Å²) in [5.41, 5.74) is 7.79. The molecule has 96 valence electrons. The van der Waals surface area contributed by atoms with Gasteiger partial charge in [0.25, 0.3) is 0 Å². The van der Waals surface area contributed by atoms with E-state index in [-0.39, 0.29) is 5.91 Å². The van der Waals surface area contributed by atoms with Gasteiger partial charge in [-0.2, -0.15) is 0 Å². The molecule has 0 aliphatic rings. The Morgan fingerprint density at radius 2 is 1.79 bits per heavy atom. The van der Waals surface area contributed by atoms with Crippen molar-refractivity contribution in [1.82, 2.24) is 0 Å². The van der Waals surface area contributed by atoms with Crippen LogP contribution >= 0.6 is 11.6 Å². The zero-order valence-electron chi connectivity index (χ0n) is 10.1. The number of para-hydroxylation sites is 2. The largest absolute Gasteiger partial charge is 0.397 e. The molecule has 0 saturated heterocycles. The zero-order chi connectivity index (χ0) is 13.7. The van der Waals surface area contributed by atoms with Crippen LogP contribution in [0.4, 0.5) is 11.4 Å². The Morgan fingerprint density at radius 3 is 2.47 bits per heavy atom. The lowest BCUT2D eigenvalue weighted by Crippen LogP contribution is -2.09. The second kappa shape index (κ2) is 6.07. The number of rotatable bonds is 3. The number of benzene rings is 2. The maximum Gasteiger partial charge on any atom is 0.248 e. The van der Waals surface area contributed by atoms with E-state index in [9.17, 15) is 4.79 Å². The van der Waals surface area contributed by atoms with Gasteiger partial charge >= 0.3 is 0 Å². The minimum absolute atomic E-state index is 0.229. The smallest absolute Gasteiger partial charge is 0.248 e. The van der Waals surface area contributed by atoms with Crippen molar-refractivity contribution in [2.24, 2.45) is 0 Å². The van der Waals surface area contributed by atoms with Crippen LogP contribution in [0.15, 0.2) is 54.6 Å². The molecule has 0 fully saturated rings. The summed E-state index contributed by atoms with van der Waals surface area (Å²) < 4.78 is 0. The monoisotopic (exact) mass is 272 g/mol. The molecule has 0 aromatic heterocycles. The minimum atomic E-state index is -0.229. The number of nitrogens with two attached hydrogens (primary N) is 1. The van der Waals surface area contributed by atoms with Crippen molar-refractivity contribution in [3.8, 4) is 0 Å². The van der Waals surface area contributed by atoms with E-state index < -0.39 is 0 Å². The van der Waals surface area contributed by atoms with E-state index in [2.05, 4.69) is 5.32 Å². The van der Waals surface area contributed by atoms with Crippen LogP contribution in [0.1, 0.15) is 5.56 Å². The summed E-state index contributed by atoms with van der Waals surface area (Å²) in [6.07, 6.45) is 3.17. The quantitative estimate of drug-likeness (QED) is 0.663. The van der Waals surface area contributed by atoms with Crippen LogP contribution in [-0.2, 0) is 4.79 Å². The molecular formula is C15H13ClN2O. The first-order valence-corrected chi connectivity index (χ1v) is 6.12. The highest BCUT2D eigenvalue weighted by atomic mass is 35.5. The van der Waals surface area contributed by atoms with Crippen molar-refractivity contribution in [3.63, 3.8) is 0 Å². The molecular weight excluding hydrogens is 260 g/mol. The summed E-state index contributed by atoms with van der Waals surface area (Å²) in [5.74, 6) is -0.229. The molecule has 0 heterocycles. The lowest BCUT2D eigenvalue weighted by molar-refractivity contribution is -0.111. The molecule has 0 atom stereocenters. The molecule has 19 heavy (non-hydrogen) atoms. The highest BCUT2D eigenvalue weighted by Crippen LogP contribution is 2.16. The Balaban J connectivity index is 2.02. The second-order valence-electron chi connectivity index (χ2n) is 3.96. The van der Waals surface area contributed by atoms with Crippen molar-refractivity contribution >= 4 is 35.0 Å². The number of hydrogen-bond donors (Lipinski definition) is 2. The predicted octanol–water partition coefficient (Wildman–Crippen LogP) is 3.57. The third kappa shape index (κ3) is 3.86. The predicted molar refractivity (Wildman–Crippen MR) is 80.0 cm³/mol. The minimum Gasteiger partial charge on any atom is -0.397 e. The lowest BCUT2D eigenvalue weighted by atomic mass is 10.2. The Morgan fingerprint density at radius 1 is 1.11 bits per heavy atom. The molecule has 0 radical (unpaired) electrons. The third-order valence-electron chi connectivity index (χ3n) is 2.52. The average Bonchev–Trinajstić information content (AvgIpc) is 2.41. The van der Waals surface area contributed by atoms with Gasteiger partial charge in [0.15, 0.2) is 0 Å². The Bertz CT molecular complexity index is 606. The first kappa shape index (κ1) is 13.2. The molecule has 3 nitrogen and oxygen atoms in total. The van der Waals surface area contributed by atoms with Crippen molar-refractivity contribution < 1.29 is 4.79 Å². The molecule has 0 aliphatic carbocycles. The first-order chi connectivity index (χ1) is 9.15. The highest BCUT2D eigenvalue weighted by molar-refractivity contribution is 6.30. The van der Waals surface area contributed by atoms with E-state index in [0.29, 0.717) is 16.4 Å².